The van der Waals surface area contributed by atoms with Crippen LogP contribution >= 0.6 is 0 Å². The number of carbonyl (C=O) groups is 3. The molecule has 0 radical (unpaired) electrons. The van der Waals surface area contributed by atoms with E-state index in [1.807, 2.05) is 30.3 Å². The van der Waals surface area contributed by atoms with Gasteiger partial charge in [-0.3, -0.25) is 9.59 Å². The lowest BCUT2D eigenvalue weighted by molar-refractivity contribution is -0.757. The zero-order valence-electron chi connectivity index (χ0n) is 22.9. The van der Waals surface area contributed by atoms with Crippen molar-refractivity contribution < 1.29 is 43.7 Å². The minimum Gasteiger partial charge on any atom is -0.464 e. The molecule has 0 bridgehead atoms. The standard InChI is InChI=1S/C14H20N2O5.C11H18N2O6/c1-15-13(9-8-12-6-3-2-4-7-12)14(17)20-10-5-11-21-16(18)19;1-2-10(14)12-6-3-5-9(12)11(15)18-7-4-8-19-13(16)17/h2-4,6-7,13,15H,5,8-11H2,1H3;9H,2-8H2,1H3. The molecule has 1 aromatic carbocycles. The van der Waals surface area contributed by atoms with Crippen molar-refractivity contribution >= 4 is 17.8 Å². The van der Waals surface area contributed by atoms with Crippen molar-refractivity contribution in [3.63, 3.8) is 0 Å². The first-order chi connectivity index (χ1) is 19.2. The van der Waals surface area contributed by atoms with Crippen molar-refractivity contribution in [2.24, 2.45) is 0 Å². The van der Waals surface area contributed by atoms with Crippen LogP contribution in [-0.2, 0) is 40.0 Å². The van der Waals surface area contributed by atoms with Crippen LogP contribution in [0.3, 0.4) is 0 Å². The lowest BCUT2D eigenvalue weighted by Crippen LogP contribution is -2.41. The number of aryl methyl sites for hydroxylation is 1. The molecule has 15 nitrogen and oxygen atoms in total. The van der Waals surface area contributed by atoms with Gasteiger partial charge in [0.25, 0.3) is 10.2 Å². The maximum absolute atomic E-state index is 11.8. The van der Waals surface area contributed by atoms with Crippen LogP contribution in [0.25, 0.3) is 0 Å². The van der Waals surface area contributed by atoms with Crippen LogP contribution in [0.15, 0.2) is 30.3 Å². The molecular weight excluding hydrogens is 532 g/mol. The zero-order chi connectivity index (χ0) is 29.8. The molecular formula is C25H38N4O11. The van der Waals surface area contributed by atoms with Gasteiger partial charge in [0.2, 0.25) is 5.91 Å². The summed E-state index contributed by atoms with van der Waals surface area (Å²) >= 11 is 0. The molecule has 1 aliphatic heterocycles. The Labute approximate surface area is 232 Å². The molecule has 0 aliphatic carbocycles. The molecule has 1 heterocycles. The molecule has 0 aromatic heterocycles. The summed E-state index contributed by atoms with van der Waals surface area (Å²) in [4.78, 5) is 64.8. The average molecular weight is 571 g/mol. The third-order valence-corrected chi connectivity index (χ3v) is 5.80. The Morgan fingerprint density at radius 1 is 1.00 bits per heavy atom. The third-order valence-electron chi connectivity index (χ3n) is 5.80. The molecule has 0 saturated carbocycles. The number of esters is 2. The first kappa shape index (κ1) is 34.0. The fourth-order valence-electron chi connectivity index (χ4n) is 3.79. The Morgan fingerprint density at radius 2 is 1.60 bits per heavy atom. The van der Waals surface area contributed by atoms with Crippen LogP contribution in [0.4, 0.5) is 0 Å². The van der Waals surface area contributed by atoms with E-state index in [1.54, 1.807) is 14.0 Å². The van der Waals surface area contributed by atoms with Gasteiger partial charge in [0.05, 0.1) is 26.4 Å². The van der Waals surface area contributed by atoms with Gasteiger partial charge in [0.15, 0.2) is 0 Å². The summed E-state index contributed by atoms with van der Waals surface area (Å²) in [5.41, 5.74) is 1.16. The lowest BCUT2D eigenvalue weighted by Gasteiger charge is -2.22. The van der Waals surface area contributed by atoms with Crippen LogP contribution in [-0.4, -0.2) is 85.0 Å². The summed E-state index contributed by atoms with van der Waals surface area (Å²) in [6, 6.07) is 8.97. The number of likely N-dealkylation sites (tertiary alicyclic amines) is 1. The topological polar surface area (TPSA) is 190 Å². The number of hydrogen-bond donors (Lipinski definition) is 1. The molecule has 1 aromatic rings. The molecule has 1 saturated heterocycles. The molecule has 15 heteroatoms. The Kier molecular flexibility index (Phi) is 17.0. The molecule has 224 valence electrons. The summed E-state index contributed by atoms with van der Waals surface area (Å²) in [7, 11) is 1.70. The Morgan fingerprint density at radius 3 is 2.15 bits per heavy atom. The molecule has 1 amide bonds. The second-order valence-electron chi connectivity index (χ2n) is 8.62. The van der Waals surface area contributed by atoms with Crippen molar-refractivity contribution in [3.8, 4) is 0 Å². The fraction of sp³-hybridized carbons (Fsp3) is 0.640. The molecule has 40 heavy (non-hydrogen) atoms. The minimum atomic E-state index is -0.888. The van der Waals surface area contributed by atoms with Crippen molar-refractivity contribution in [2.45, 2.75) is 64.0 Å². The molecule has 2 rings (SSSR count). The van der Waals surface area contributed by atoms with E-state index in [2.05, 4.69) is 15.0 Å². The van der Waals surface area contributed by atoms with E-state index in [0.717, 1.165) is 18.4 Å². The molecule has 1 aliphatic rings. The van der Waals surface area contributed by atoms with E-state index < -0.39 is 22.2 Å². The van der Waals surface area contributed by atoms with Gasteiger partial charge >= 0.3 is 11.9 Å². The van der Waals surface area contributed by atoms with E-state index >= 15 is 0 Å². The SMILES string of the molecule is CCC(=O)N1CCCC1C(=O)OCCCO[N+](=O)[O-].CNC(CCc1ccccc1)C(=O)OCCCO[N+](=O)[O-]. The van der Waals surface area contributed by atoms with Gasteiger partial charge in [-0.2, -0.15) is 0 Å². The predicted molar refractivity (Wildman–Crippen MR) is 140 cm³/mol. The Bertz CT molecular complexity index is 933. The van der Waals surface area contributed by atoms with Crippen LogP contribution in [0, 0.1) is 20.2 Å². The summed E-state index contributed by atoms with van der Waals surface area (Å²) in [6.45, 7) is 2.31. The fourth-order valence-corrected chi connectivity index (χ4v) is 3.79. The van der Waals surface area contributed by atoms with Gasteiger partial charge < -0.3 is 29.4 Å². The summed E-state index contributed by atoms with van der Waals surface area (Å²) < 4.78 is 10.1. The highest BCUT2D eigenvalue weighted by Crippen LogP contribution is 2.19. The number of carbonyl (C=O) groups excluding carboxylic acids is 3. The van der Waals surface area contributed by atoms with E-state index in [0.29, 0.717) is 32.2 Å². The Hall–Kier alpha value is -4.01. The number of amides is 1. The highest BCUT2D eigenvalue weighted by Gasteiger charge is 2.34. The Balaban J connectivity index is 0.000000402. The van der Waals surface area contributed by atoms with Crippen LogP contribution in [0.1, 0.15) is 51.0 Å². The zero-order valence-corrected chi connectivity index (χ0v) is 22.9. The van der Waals surface area contributed by atoms with Gasteiger partial charge in [-0.15, -0.1) is 20.2 Å². The van der Waals surface area contributed by atoms with E-state index in [4.69, 9.17) is 9.47 Å². The highest BCUT2D eigenvalue weighted by atomic mass is 17.0. The van der Waals surface area contributed by atoms with E-state index in [-0.39, 0.29) is 50.8 Å². The summed E-state index contributed by atoms with van der Waals surface area (Å²) in [5.74, 6) is -0.855. The van der Waals surface area contributed by atoms with E-state index in [1.165, 1.54) is 4.90 Å². The van der Waals surface area contributed by atoms with Crippen LogP contribution in [0.5, 0.6) is 0 Å². The normalized spacial score (nSPS) is 14.8. The van der Waals surface area contributed by atoms with Crippen molar-refractivity contribution in [1.29, 1.82) is 0 Å². The number of nitrogens with zero attached hydrogens (tertiary/aromatic N) is 3. The van der Waals surface area contributed by atoms with Crippen LogP contribution in [0.2, 0.25) is 0 Å². The van der Waals surface area contributed by atoms with Crippen molar-refractivity contribution in [3.05, 3.63) is 56.1 Å². The van der Waals surface area contributed by atoms with Gasteiger partial charge in [-0.05, 0) is 38.3 Å². The number of nitrogens with one attached hydrogen (secondary N) is 1. The first-order valence-electron chi connectivity index (χ1n) is 13.1. The highest BCUT2D eigenvalue weighted by molar-refractivity contribution is 5.85. The maximum atomic E-state index is 11.8. The average Bonchev–Trinajstić information content (AvgIpc) is 3.43. The summed E-state index contributed by atoms with van der Waals surface area (Å²) in [6.07, 6.45) is 3.70. The number of likely N-dealkylation sites (N-methyl/N-ethyl adjacent to an activating group) is 1. The van der Waals surface area contributed by atoms with Gasteiger partial charge in [0, 0.05) is 25.8 Å². The van der Waals surface area contributed by atoms with Crippen molar-refractivity contribution in [1.82, 2.24) is 10.2 Å². The quantitative estimate of drug-likeness (QED) is 0.124. The van der Waals surface area contributed by atoms with E-state index in [9.17, 15) is 34.6 Å². The van der Waals surface area contributed by atoms with Crippen molar-refractivity contribution in [2.75, 3.05) is 40.0 Å². The number of benzene rings is 1. The predicted octanol–water partition coefficient (Wildman–Crippen LogP) is 1.88. The van der Waals surface area contributed by atoms with Gasteiger partial charge in [-0.25, -0.2) is 4.79 Å². The van der Waals surface area contributed by atoms with Gasteiger partial charge in [0.1, 0.15) is 12.1 Å². The number of hydrogen-bond acceptors (Lipinski definition) is 12. The monoisotopic (exact) mass is 570 g/mol. The molecule has 2 unspecified atom stereocenters. The smallest absolute Gasteiger partial charge is 0.328 e. The summed E-state index contributed by atoms with van der Waals surface area (Å²) in [5, 5.41) is 21.0. The second kappa shape index (κ2) is 20.0. The van der Waals surface area contributed by atoms with Gasteiger partial charge in [-0.1, -0.05) is 37.3 Å². The first-order valence-corrected chi connectivity index (χ1v) is 13.1. The lowest BCUT2D eigenvalue weighted by atomic mass is 10.1. The number of ether oxygens (including phenoxy) is 2. The number of rotatable bonds is 17. The molecule has 1 N–H and O–H groups in total. The molecule has 0 spiro atoms. The molecule has 2 atom stereocenters. The molecule has 1 fully saturated rings. The minimum absolute atomic E-state index is 0.0529. The third kappa shape index (κ3) is 14.2. The van der Waals surface area contributed by atoms with Crippen LogP contribution < -0.4 is 5.32 Å². The second-order valence-corrected chi connectivity index (χ2v) is 8.62. The maximum Gasteiger partial charge on any atom is 0.328 e. The largest absolute Gasteiger partial charge is 0.464 e.